The van der Waals surface area contributed by atoms with Gasteiger partial charge in [0.2, 0.25) is 11.9 Å². The lowest BCUT2D eigenvalue weighted by Crippen LogP contribution is -2.33. The first kappa shape index (κ1) is 16.1. The summed E-state index contributed by atoms with van der Waals surface area (Å²) < 4.78 is 0. The van der Waals surface area contributed by atoms with Crippen molar-refractivity contribution in [1.82, 2.24) is 9.88 Å². The van der Waals surface area contributed by atoms with Crippen LogP contribution in [0.2, 0.25) is 0 Å². The van der Waals surface area contributed by atoms with E-state index < -0.39 is 12.0 Å². The minimum atomic E-state index is -0.736. The third kappa shape index (κ3) is 3.59. The minimum Gasteiger partial charge on any atom is -0.332 e. The zero-order chi connectivity index (χ0) is 17.1. The van der Waals surface area contributed by atoms with E-state index in [9.17, 15) is 14.9 Å². The van der Waals surface area contributed by atoms with Crippen LogP contribution in [0, 0.1) is 23.0 Å². The Morgan fingerprint density at radius 1 is 1.25 bits per heavy atom. The van der Waals surface area contributed by atoms with Gasteiger partial charge in [0, 0.05) is 24.1 Å². The molecule has 124 valence electrons. The molecule has 1 fully saturated rings. The number of hydrogen-bond donors (Lipinski definition) is 0. The Hall–Kier alpha value is -2.76. The molecule has 2 aromatic rings. The van der Waals surface area contributed by atoms with Crippen LogP contribution in [-0.4, -0.2) is 26.8 Å². The molecular weight excluding hydrogens is 306 g/mol. The van der Waals surface area contributed by atoms with E-state index in [4.69, 9.17) is 0 Å². The average Bonchev–Trinajstić information content (AvgIpc) is 3.37. The Labute approximate surface area is 140 Å². The molecule has 1 aliphatic carbocycles. The normalized spacial score (nSPS) is 18.9. The summed E-state index contributed by atoms with van der Waals surface area (Å²) in [6.45, 7) is 2.79. The van der Waals surface area contributed by atoms with Crippen LogP contribution in [-0.2, 0) is 17.9 Å². The number of pyridine rings is 1. The number of rotatable bonds is 6. The van der Waals surface area contributed by atoms with Crippen LogP contribution in [0.25, 0.3) is 0 Å². The second-order valence-corrected chi connectivity index (χ2v) is 6.14. The van der Waals surface area contributed by atoms with Crippen LogP contribution in [0.5, 0.6) is 0 Å². The van der Waals surface area contributed by atoms with E-state index in [-0.39, 0.29) is 10.8 Å². The predicted molar refractivity (Wildman–Crippen MR) is 88.6 cm³/mol. The molecule has 0 bridgehead atoms. The molecule has 0 spiro atoms. The van der Waals surface area contributed by atoms with Gasteiger partial charge in [-0.25, -0.2) is 0 Å². The molecule has 0 radical (unpaired) electrons. The third-order valence-electron chi connectivity index (χ3n) is 4.36. The molecule has 1 saturated carbocycles. The predicted octanol–water partition coefficient (Wildman–Crippen LogP) is 2.58. The van der Waals surface area contributed by atoms with Gasteiger partial charge in [-0.2, -0.15) is 0 Å². The van der Waals surface area contributed by atoms with Crippen molar-refractivity contribution >= 4 is 5.91 Å². The molecule has 3 rings (SSSR count). The highest BCUT2D eigenvalue weighted by Gasteiger charge is 2.54. The Kier molecular flexibility index (Phi) is 4.55. The summed E-state index contributed by atoms with van der Waals surface area (Å²) in [5.74, 6) is -0.668. The van der Waals surface area contributed by atoms with Crippen LogP contribution in [0.1, 0.15) is 23.2 Å². The molecule has 1 aromatic carbocycles. The van der Waals surface area contributed by atoms with Crippen LogP contribution in [0.3, 0.4) is 0 Å². The maximum absolute atomic E-state index is 12.7. The van der Waals surface area contributed by atoms with Gasteiger partial charge < -0.3 is 4.90 Å². The Balaban J connectivity index is 1.80. The number of aromatic nitrogens is 1. The lowest BCUT2D eigenvalue weighted by Gasteiger charge is -2.23. The maximum atomic E-state index is 12.7. The van der Waals surface area contributed by atoms with Crippen molar-refractivity contribution in [3.05, 3.63) is 75.6 Å². The van der Waals surface area contributed by atoms with Crippen molar-refractivity contribution in [2.45, 2.75) is 32.5 Å². The quantitative estimate of drug-likeness (QED) is 0.604. The average molecular weight is 325 g/mol. The highest BCUT2D eigenvalue weighted by atomic mass is 16.6. The molecule has 0 saturated heterocycles. The van der Waals surface area contributed by atoms with Gasteiger partial charge >= 0.3 is 0 Å². The highest BCUT2D eigenvalue weighted by molar-refractivity contribution is 5.82. The standard InChI is InChI=1S/C18H19N3O3/c1-13-6-2-3-7-14(13)11-20(12-15-8-4-5-9-19-15)18(22)16-10-17(16)21(23)24/h2-9,16-17H,10-12H2,1H3/t16-,17+/m1/s1. The third-order valence-corrected chi connectivity index (χ3v) is 4.36. The molecule has 0 N–H and O–H groups in total. The highest BCUT2D eigenvalue weighted by Crippen LogP contribution is 2.35. The first-order valence-corrected chi connectivity index (χ1v) is 7.93. The van der Waals surface area contributed by atoms with E-state index in [1.165, 1.54) is 0 Å². The fourth-order valence-electron chi connectivity index (χ4n) is 2.81. The van der Waals surface area contributed by atoms with Crippen LogP contribution < -0.4 is 0 Å². The summed E-state index contributed by atoms with van der Waals surface area (Å²) in [5, 5.41) is 10.9. The summed E-state index contributed by atoms with van der Waals surface area (Å²) in [6, 6.07) is 12.7. The van der Waals surface area contributed by atoms with Gasteiger partial charge in [-0.3, -0.25) is 19.9 Å². The number of benzene rings is 1. The Bertz CT molecular complexity index is 748. The number of hydrogen-bond acceptors (Lipinski definition) is 4. The largest absolute Gasteiger partial charge is 0.332 e. The molecular formula is C18H19N3O3. The number of aryl methyl sites for hydroxylation is 1. The molecule has 1 aromatic heterocycles. The second kappa shape index (κ2) is 6.78. The number of nitrogens with zero attached hydrogens (tertiary/aromatic N) is 3. The zero-order valence-corrected chi connectivity index (χ0v) is 13.5. The van der Waals surface area contributed by atoms with Crippen molar-refractivity contribution in [2.75, 3.05) is 0 Å². The molecule has 1 aliphatic rings. The van der Waals surface area contributed by atoms with E-state index in [2.05, 4.69) is 4.98 Å². The van der Waals surface area contributed by atoms with Gasteiger partial charge in [-0.05, 0) is 30.2 Å². The van der Waals surface area contributed by atoms with Gasteiger partial charge in [-0.15, -0.1) is 0 Å². The molecule has 6 nitrogen and oxygen atoms in total. The van der Waals surface area contributed by atoms with Crippen molar-refractivity contribution < 1.29 is 9.72 Å². The van der Waals surface area contributed by atoms with Crippen LogP contribution in [0.4, 0.5) is 0 Å². The van der Waals surface area contributed by atoms with Crippen LogP contribution in [0.15, 0.2) is 48.7 Å². The number of nitro groups is 1. The van der Waals surface area contributed by atoms with E-state index >= 15 is 0 Å². The van der Waals surface area contributed by atoms with Gasteiger partial charge in [0.25, 0.3) is 0 Å². The molecule has 2 atom stereocenters. The number of carbonyl (C=O) groups excluding carboxylic acids is 1. The molecule has 6 heteroatoms. The van der Waals surface area contributed by atoms with E-state index in [0.29, 0.717) is 19.5 Å². The van der Waals surface area contributed by atoms with Crippen molar-refractivity contribution in [1.29, 1.82) is 0 Å². The fraction of sp³-hybridized carbons (Fsp3) is 0.333. The second-order valence-electron chi connectivity index (χ2n) is 6.14. The van der Waals surface area contributed by atoms with Crippen molar-refractivity contribution in [3.63, 3.8) is 0 Å². The summed E-state index contributed by atoms with van der Waals surface area (Å²) in [7, 11) is 0. The van der Waals surface area contributed by atoms with Crippen LogP contribution >= 0.6 is 0 Å². The summed E-state index contributed by atoms with van der Waals surface area (Å²) >= 11 is 0. The first-order valence-electron chi connectivity index (χ1n) is 7.93. The van der Waals surface area contributed by atoms with E-state index in [1.54, 1.807) is 11.1 Å². The van der Waals surface area contributed by atoms with E-state index in [0.717, 1.165) is 16.8 Å². The molecule has 0 unspecified atom stereocenters. The maximum Gasteiger partial charge on any atom is 0.233 e. The Morgan fingerprint density at radius 3 is 2.62 bits per heavy atom. The van der Waals surface area contributed by atoms with Crippen molar-refractivity contribution in [3.8, 4) is 0 Å². The summed E-state index contributed by atoms with van der Waals surface area (Å²) in [6.07, 6.45) is 2.01. The topological polar surface area (TPSA) is 76.3 Å². The number of carbonyl (C=O) groups is 1. The fourth-order valence-corrected chi connectivity index (χ4v) is 2.81. The van der Waals surface area contributed by atoms with Gasteiger partial charge in [0.1, 0.15) is 5.92 Å². The summed E-state index contributed by atoms with van der Waals surface area (Å²) in [4.78, 5) is 29.2. The van der Waals surface area contributed by atoms with E-state index in [1.807, 2.05) is 49.4 Å². The Morgan fingerprint density at radius 2 is 2.00 bits per heavy atom. The minimum absolute atomic E-state index is 0.161. The van der Waals surface area contributed by atoms with Gasteiger partial charge in [0.15, 0.2) is 0 Å². The number of amides is 1. The monoisotopic (exact) mass is 325 g/mol. The van der Waals surface area contributed by atoms with Gasteiger partial charge in [-0.1, -0.05) is 30.3 Å². The zero-order valence-electron chi connectivity index (χ0n) is 13.5. The molecule has 1 heterocycles. The lowest BCUT2D eigenvalue weighted by atomic mass is 10.1. The SMILES string of the molecule is Cc1ccccc1CN(Cc1ccccn1)C(=O)[C@@H]1C[C@@H]1[N+](=O)[O-]. The summed E-state index contributed by atoms with van der Waals surface area (Å²) in [5.41, 5.74) is 2.91. The first-order chi connectivity index (χ1) is 11.6. The molecule has 1 amide bonds. The molecule has 0 aliphatic heterocycles. The van der Waals surface area contributed by atoms with Crippen molar-refractivity contribution in [2.24, 2.45) is 5.92 Å². The molecule has 24 heavy (non-hydrogen) atoms. The lowest BCUT2D eigenvalue weighted by molar-refractivity contribution is -0.497. The smallest absolute Gasteiger partial charge is 0.233 e. The van der Waals surface area contributed by atoms with Gasteiger partial charge in [0.05, 0.1) is 12.2 Å².